The Morgan fingerprint density at radius 3 is 2.24 bits per heavy atom. The van der Waals surface area contributed by atoms with Crippen LogP contribution in [0.4, 0.5) is 0 Å². The molecule has 2 saturated heterocycles. The average molecular weight is 408 g/mol. The zero-order chi connectivity index (χ0) is 21.2. The molecule has 9 heteroatoms. The van der Waals surface area contributed by atoms with Gasteiger partial charge in [-0.15, -0.1) is 0 Å². The molecule has 3 rings (SSSR count). The van der Waals surface area contributed by atoms with Gasteiger partial charge >= 0.3 is 11.9 Å². The number of piperidine rings is 1. The number of morpholine rings is 1. The predicted octanol–water partition coefficient (Wildman–Crippen LogP) is 0.853. The second-order valence-electron chi connectivity index (χ2n) is 6.98. The molecular weight excluding hydrogens is 380 g/mol. The first-order chi connectivity index (χ1) is 13.9. The molecule has 0 unspecified atom stereocenters. The molecule has 0 saturated carbocycles. The van der Waals surface area contributed by atoms with E-state index >= 15 is 0 Å². The lowest BCUT2D eigenvalue weighted by Gasteiger charge is -2.40. The van der Waals surface area contributed by atoms with Gasteiger partial charge < -0.3 is 24.6 Å². The number of carbonyl (C=O) groups is 3. The molecule has 2 fully saturated rings. The first-order valence-corrected chi connectivity index (χ1v) is 9.62. The molecule has 2 N–H and O–H groups in total. The number of carboxylic acid groups (broad SMARTS) is 2. The van der Waals surface area contributed by atoms with Crippen molar-refractivity contribution >= 4 is 17.8 Å². The van der Waals surface area contributed by atoms with Crippen molar-refractivity contribution in [2.75, 3.05) is 46.0 Å². The molecule has 0 aromatic heterocycles. The van der Waals surface area contributed by atoms with Gasteiger partial charge in [0.1, 0.15) is 5.75 Å². The summed E-state index contributed by atoms with van der Waals surface area (Å²) >= 11 is 0. The third-order valence-electron chi connectivity index (χ3n) is 4.91. The van der Waals surface area contributed by atoms with Crippen LogP contribution in [0.5, 0.6) is 5.75 Å². The smallest absolute Gasteiger partial charge is 0.414 e. The van der Waals surface area contributed by atoms with Gasteiger partial charge in [0.25, 0.3) is 5.91 Å². The molecule has 1 amide bonds. The number of ether oxygens (including phenoxy) is 2. The topological polar surface area (TPSA) is 117 Å². The highest BCUT2D eigenvalue weighted by atomic mass is 16.5. The first kappa shape index (κ1) is 22.6. The molecule has 29 heavy (non-hydrogen) atoms. The van der Waals surface area contributed by atoms with Crippen LogP contribution in [-0.4, -0.2) is 89.9 Å². The van der Waals surface area contributed by atoms with Gasteiger partial charge in [-0.1, -0.05) is 12.1 Å². The molecule has 2 aliphatic heterocycles. The third-order valence-corrected chi connectivity index (χ3v) is 4.91. The van der Waals surface area contributed by atoms with Crippen LogP contribution in [0.3, 0.4) is 0 Å². The summed E-state index contributed by atoms with van der Waals surface area (Å²) in [4.78, 5) is 35.0. The van der Waals surface area contributed by atoms with Crippen molar-refractivity contribution in [1.29, 1.82) is 0 Å². The zero-order valence-electron chi connectivity index (χ0n) is 16.6. The van der Waals surface area contributed by atoms with Crippen LogP contribution in [0.15, 0.2) is 24.3 Å². The summed E-state index contributed by atoms with van der Waals surface area (Å²) in [6, 6.07) is 8.41. The van der Waals surface area contributed by atoms with E-state index in [0.29, 0.717) is 6.04 Å². The lowest BCUT2D eigenvalue weighted by molar-refractivity contribution is -0.159. The average Bonchev–Trinajstić information content (AvgIpc) is 2.73. The molecule has 0 atom stereocenters. The van der Waals surface area contributed by atoms with E-state index in [-0.39, 0.29) is 12.5 Å². The Morgan fingerprint density at radius 2 is 1.69 bits per heavy atom. The van der Waals surface area contributed by atoms with E-state index in [4.69, 9.17) is 29.3 Å². The highest BCUT2D eigenvalue weighted by Gasteiger charge is 2.27. The molecule has 2 aliphatic rings. The number of carbonyl (C=O) groups excluding carboxylic acids is 1. The highest BCUT2D eigenvalue weighted by molar-refractivity contribution is 6.27. The number of aryl methyl sites for hydroxylation is 1. The van der Waals surface area contributed by atoms with Crippen LogP contribution in [0.25, 0.3) is 0 Å². The van der Waals surface area contributed by atoms with E-state index in [1.165, 1.54) is 0 Å². The normalized spacial score (nSPS) is 17.8. The van der Waals surface area contributed by atoms with E-state index in [2.05, 4.69) is 4.90 Å². The second-order valence-corrected chi connectivity index (χ2v) is 6.98. The standard InChI is InChI=1S/C18H26N2O3.C2H2O4/c1-15-3-2-4-17(13-15)23-14-18(21)20-7-5-16(6-8-20)19-9-11-22-12-10-19;3-1(4)2(5)6/h2-4,13,16H,5-12,14H2,1H3;(H,3,4)(H,5,6). The van der Waals surface area contributed by atoms with E-state index in [9.17, 15) is 4.79 Å². The van der Waals surface area contributed by atoms with Crippen molar-refractivity contribution in [2.45, 2.75) is 25.8 Å². The van der Waals surface area contributed by atoms with Crippen LogP contribution < -0.4 is 4.74 Å². The summed E-state index contributed by atoms with van der Waals surface area (Å²) < 4.78 is 11.0. The molecule has 160 valence electrons. The summed E-state index contributed by atoms with van der Waals surface area (Å²) in [6.45, 7) is 7.53. The van der Waals surface area contributed by atoms with E-state index in [1.54, 1.807) is 0 Å². The Bertz CT molecular complexity index is 684. The second kappa shape index (κ2) is 11.4. The maximum Gasteiger partial charge on any atom is 0.414 e. The monoisotopic (exact) mass is 408 g/mol. The zero-order valence-corrected chi connectivity index (χ0v) is 16.6. The first-order valence-electron chi connectivity index (χ1n) is 9.62. The summed E-state index contributed by atoms with van der Waals surface area (Å²) in [5, 5.41) is 14.8. The number of likely N-dealkylation sites (tertiary alicyclic amines) is 1. The molecule has 0 bridgehead atoms. The number of hydrogen-bond acceptors (Lipinski definition) is 6. The van der Waals surface area contributed by atoms with Gasteiger partial charge in [0.2, 0.25) is 0 Å². The summed E-state index contributed by atoms with van der Waals surface area (Å²) in [5.74, 6) is -2.79. The number of carboxylic acids is 2. The largest absolute Gasteiger partial charge is 0.484 e. The molecule has 0 radical (unpaired) electrons. The van der Waals surface area contributed by atoms with E-state index < -0.39 is 11.9 Å². The van der Waals surface area contributed by atoms with Gasteiger partial charge in [-0.3, -0.25) is 9.69 Å². The minimum atomic E-state index is -1.82. The predicted molar refractivity (Wildman–Crippen MR) is 104 cm³/mol. The Hall–Kier alpha value is -2.65. The maximum atomic E-state index is 12.3. The van der Waals surface area contributed by atoms with Crippen molar-refractivity contribution in [2.24, 2.45) is 0 Å². The number of nitrogens with zero attached hydrogens (tertiary/aromatic N) is 2. The van der Waals surface area contributed by atoms with E-state index in [0.717, 1.165) is 63.5 Å². The molecule has 0 aliphatic carbocycles. The SMILES string of the molecule is Cc1cccc(OCC(=O)N2CCC(N3CCOCC3)CC2)c1.O=C(O)C(=O)O. The molecule has 0 spiro atoms. The number of aliphatic carboxylic acids is 2. The fourth-order valence-corrected chi connectivity index (χ4v) is 3.36. The van der Waals surface area contributed by atoms with Crippen molar-refractivity contribution in [3.8, 4) is 5.75 Å². The van der Waals surface area contributed by atoms with Crippen LogP contribution >= 0.6 is 0 Å². The van der Waals surface area contributed by atoms with Crippen LogP contribution in [0.2, 0.25) is 0 Å². The van der Waals surface area contributed by atoms with Crippen LogP contribution in [0.1, 0.15) is 18.4 Å². The molecule has 1 aromatic carbocycles. The summed E-state index contributed by atoms with van der Waals surface area (Å²) in [6.07, 6.45) is 2.10. The van der Waals surface area contributed by atoms with Gasteiger partial charge in [0.15, 0.2) is 6.61 Å². The number of hydrogen-bond donors (Lipinski definition) is 2. The Balaban J connectivity index is 0.000000438. The number of benzene rings is 1. The third kappa shape index (κ3) is 7.71. The van der Waals surface area contributed by atoms with Crippen molar-refractivity contribution in [3.63, 3.8) is 0 Å². The quantitative estimate of drug-likeness (QED) is 0.705. The van der Waals surface area contributed by atoms with Gasteiger partial charge in [0, 0.05) is 32.2 Å². The highest BCUT2D eigenvalue weighted by Crippen LogP contribution is 2.18. The minimum Gasteiger partial charge on any atom is -0.484 e. The van der Waals surface area contributed by atoms with Gasteiger partial charge in [-0.05, 0) is 37.5 Å². The molecular formula is C20H28N2O7. The number of rotatable bonds is 4. The fraction of sp³-hybridized carbons (Fsp3) is 0.550. The molecule has 2 heterocycles. The van der Waals surface area contributed by atoms with Gasteiger partial charge in [-0.2, -0.15) is 0 Å². The number of amides is 1. The van der Waals surface area contributed by atoms with Crippen molar-refractivity contribution < 1.29 is 34.1 Å². The van der Waals surface area contributed by atoms with Crippen LogP contribution in [-0.2, 0) is 19.1 Å². The van der Waals surface area contributed by atoms with Gasteiger partial charge in [0.05, 0.1) is 13.2 Å². The fourth-order valence-electron chi connectivity index (χ4n) is 3.36. The minimum absolute atomic E-state index is 0.0898. The van der Waals surface area contributed by atoms with Crippen molar-refractivity contribution in [1.82, 2.24) is 9.80 Å². The van der Waals surface area contributed by atoms with Crippen LogP contribution in [0, 0.1) is 6.92 Å². The summed E-state index contributed by atoms with van der Waals surface area (Å²) in [7, 11) is 0. The molecule has 9 nitrogen and oxygen atoms in total. The summed E-state index contributed by atoms with van der Waals surface area (Å²) in [5.41, 5.74) is 1.14. The van der Waals surface area contributed by atoms with Gasteiger partial charge in [-0.25, -0.2) is 9.59 Å². The lowest BCUT2D eigenvalue weighted by atomic mass is 10.0. The Labute approximate surface area is 169 Å². The van der Waals surface area contributed by atoms with E-state index in [1.807, 2.05) is 36.1 Å². The lowest BCUT2D eigenvalue weighted by Crippen LogP contribution is -2.50. The Kier molecular flexibility index (Phi) is 8.88. The molecule has 1 aromatic rings. The Morgan fingerprint density at radius 1 is 1.07 bits per heavy atom. The maximum absolute atomic E-state index is 12.3. The van der Waals surface area contributed by atoms with Crippen molar-refractivity contribution in [3.05, 3.63) is 29.8 Å².